The third kappa shape index (κ3) is 5.60. The van der Waals surface area contributed by atoms with Gasteiger partial charge in [0.05, 0.1) is 0 Å². The highest BCUT2D eigenvalue weighted by Gasteiger charge is 2.06. The lowest BCUT2D eigenvalue weighted by molar-refractivity contribution is 0.556. The highest BCUT2D eigenvalue weighted by Crippen LogP contribution is 2.17. The Morgan fingerprint density at radius 2 is 2.00 bits per heavy atom. The molecule has 1 aromatic rings. The predicted molar refractivity (Wildman–Crippen MR) is 88.9 cm³/mol. The van der Waals surface area contributed by atoms with Crippen LogP contribution in [0.5, 0.6) is 0 Å². The maximum Gasteiger partial charge on any atom is 0.170 e. The molecule has 1 atom stereocenters. The highest BCUT2D eigenvalue weighted by atomic mass is 32.1. The quantitative estimate of drug-likeness (QED) is 0.589. The van der Waals surface area contributed by atoms with Crippen LogP contribution in [-0.2, 0) is 0 Å². The summed E-state index contributed by atoms with van der Waals surface area (Å²) >= 11 is 5.37. The smallest absolute Gasteiger partial charge is 0.170 e. The van der Waals surface area contributed by atoms with E-state index in [4.69, 9.17) is 12.2 Å². The zero-order chi connectivity index (χ0) is 14.3. The average Bonchev–Trinajstić information content (AvgIpc) is 2.35. The molecule has 0 aromatic heterocycles. The second kappa shape index (κ2) is 8.16. The molecule has 0 saturated carbocycles. The van der Waals surface area contributed by atoms with E-state index in [-0.39, 0.29) is 0 Å². The molecule has 0 saturated heterocycles. The van der Waals surface area contributed by atoms with Gasteiger partial charge in [0.15, 0.2) is 5.11 Å². The predicted octanol–water partition coefficient (Wildman–Crippen LogP) is 4.56. The maximum atomic E-state index is 5.37. The van der Waals surface area contributed by atoms with Crippen molar-refractivity contribution < 1.29 is 0 Å². The number of rotatable bonds is 6. The van der Waals surface area contributed by atoms with Crippen molar-refractivity contribution in [2.45, 2.75) is 59.4 Å². The van der Waals surface area contributed by atoms with E-state index in [0.717, 1.165) is 10.8 Å². The zero-order valence-electron chi connectivity index (χ0n) is 12.5. The van der Waals surface area contributed by atoms with E-state index in [1.165, 1.54) is 36.8 Å². The molecule has 1 unspecified atom stereocenters. The second-order valence-electron chi connectivity index (χ2n) is 5.24. The van der Waals surface area contributed by atoms with E-state index in [1.807, 2.05) is 0 Å². The molecule has 3 heteroatoms. The third-order valence-electron chi connectivity index (χ3n) is 3.47. The lowest BCUT2D eigenvalue weighted by atomic mass is 10.1. The van der Waals surface area contributed by atoms with Crippen molar-refractivity contribution in [3.05, 3.63) is 29.3 Å². The van der Waals surface area contributed by atoms with Gasteiger partial charge in [-0.3, -0.25) is 0 Å². The Hall–Kier alpha value is -1.09. The van der Waals surface area contributed by atoms with E-state index in [2.05, 4.69) is 56.5 Å². The minimum absolute atomic E-state index is 0.427. The molecule has 0 spiro atoms. The number of unbranched alkanes of at least 4 members (excludes halogenated alkanes) is 2. The van der Waals surface area contributed by atoms with Crippen molar-refractivity contribution in [2.75, 3.05) is 5.32 Å². The molecule has 2 nitrogen and oxygen atoms in total. The molecule has 1 aromatic carbocycles. The van der Waals surface area contributed by atoms with Gasteiger partial charge < -0.3 is 10.6 Å². The minimum Gasteiger partial charge on any atom is -0.360 e. The molecule has 19 heavy (non-hydrogen) atoms. The Labute approximate surface area is 123 Å². The molecule has 0 aliphatic rings. The third-order valence-corrected chi connectivity index (χ3v) is 3.69. The molecular formula is C16H26N2S. The van der Waals surface area contributed by atoms with Crippen LogP contribution in [0.2, 0.25) is 0 Å². The SMILES string of the molecule is CCCCCC(C)NC(=S)Nc1cccc(C)c1C. The molecule has 0 heterocycles. The molecule has 2 N–H and O–H groups in total. The summed E-state index contributed by atoms with van der Waals surface area (Å²) in [5, 5.41) is 7.37. The molecule has 0 amide bonds. The summed E-state index contributed by atoms with van der Waals surface area (Å²) in [6, 6.07) is 6.66. The van der Waals surface area contributed by atoms with Crippen LogP contribution in [0.3, 0.4) is 0 Å². The van der Waals surface area contributed by atoms with Crippen molar-refractivity contribution in [1.82, 2.24) is 5.32 Å². The van der Waals surface area contributed by atoms with Gasteiger partial charge in [-0.15, -0.1) is 0 Å². The van der Waals surface area contributed by atoms with Crippen LogP contribution < -0.4 is 10.6 Å². The summed E-state index contributed by atoms with van der Waals surface area (Å²) in [5.41, 5.74) is 3.63. The van der Waals surface area contributed by atoms with Crippen LogP contribution in [0.25, 0.3) is 0 Å². The van der Waals surface area contributed by atoms with Crippen molar-refractivity contribution >= 4 is 23.0 Å². The fourth-order valence-electron chi connectivity index (χ4n) is 2.04. The molecule has 0 aliphatic carbocycles. The normalized spacial score (nSPS) is 12.0. The summed E-state index contributed by atoms with van der Waals surface area (Å²) < 4.78 is 0. The molecule has 0 bridgehead atoms. The highest BCUT2D eigenvalue weighted by molar-refractivity contribution is 7.80. The van der Waals surface area contributed by atoms with Gasteiger partial charge in [0.2, 0.25) is 0 Å². The van der Waals surface area contributed by atoms with Gasteiger partial charge in [-0.1, -0.05) is 38.3 Å². The van der Waals surface area contributed by atoms with Crippen LogP contribution in [0.4, 0.5) is 5.69 Å². The van der Waals surface area contributed by atoms with Crippen LogP contribution in [0.15, 0.2) is 18.2 Å². The standard InChI is InChI=1S/C16H26N2S/c1-5-6-7-10-13(3)17-16(19)18-15-11-8-9-12(2)14(15)4/h8-9,11,13H,5-7,10H2,1-4H3,(H2,17,18,19). The summed E-state index contributed by atoms with van der Waals surface area (Å²) in [4.78, 5) is 0. The van der Waals surface area contributed by atoms with Gasteiger partial charge in [0, 0.05) is 11.7 Å². The summed E-state index contributed by atoms with van der Waals surface area (Å²) in [5.74, 6) is 0. The van der Waals surface area contributed by atoms with E-state index in [0.29, 0.717) is 6.04 Å². The van der Waals surface area contributed by atoms with Gasteiger partial charge >= 0.3 is 0 Å². The topological polar surface area (TPSA) is 24.1 Å². The summed E-state index contributed by atoms with van der Waals surface area (Å²) in [6.07, 6.45) is 4.99. The fourth-order valence-corrected chi connectivity index (χ4v) is 2.35. The van der Waals surface area contributed by atoms with Crippen molar-refractivity contribution in [1.29, 1.82) is 0 Å². The lowest BCUT2D eigenvalue weighted by Gasteiger charge is -2.18. The van der Waals surface area contributed by atoms with Gasteiger partial charge in [0.1, 0.15) is 0 Å². The Morgan fingerprint density at radius 3 is 2.68 bits per heavy atom. The van der Waals surface area contributed by atoms with Crippen LogP contribution in [0, 0.1) is 13.8 Å². The molecule has 0 radical (unpaired) electrons. The van der Waals surface area contributed by atoms with E-state index >= 15 is 0 Å². The Kier molecular flexibility index (Phi) is 6.85. The van der Waals surface area contributed by atoms with Crippen LogP contribution in [-0.4, -0.2) is 11.2 Å². The first-order valence-corrected chi connectivity index (χ1v) is 7.59. The number of hydrogen-bond acceptors (Lipinski definition) is 1. The molecular weight excluding hydrogens is 252 g/mol. The maximum absolute atomic E-state index is 5.37. The van der Waals surface area contributed by atoms with Gasteiger partial charge in [-0.2, -0.15) is 0 Å². The number of benzene rings is 1. The van der Waals surface area contributed by atoms with Gasteiger partial charge in [0.25, 0.3) is 0 Å². The summed E-state index contributed by atoms with van der Waals surface area (Å²) in [6.45, 7) is 8.65. The molecule has 1 rings (SSSR count). The molecule has 0 fully saturated rings. The summed E-state index contributed by atoms with van der Waals surface area (Å²) in [7, 11) is 0. The van der Waals surface area contributed by atoms with Gasteiger partial charge in [-0.05, 0) is 56.6 Å². The number of nitrogens with one attached hydrogen (secondary N) is 2. The van der Waals surface area contributed by atoms with Crippen molar-refractivity contribution in [3.63, 3.8) is 0 Å². The van der Waals surface area contributed by atoms with Crippen molar-refractivity contribution in [2.24, 2.45) is 0 Å². The number of aryl methyl sites for hydroxylation is 1. The fraction of sp³-hybridized carbons (Fsp3) is 0.562. The van der Waals surface area contributed by atoms with Crippen molar-refractivity contribution in [3.8, 4) is 0 Å². The Bertz CT molecular complexity index is 415. The first kappa shape index (κ1) is 16.0. The number of thiocarbonyl (C=S) groups is 1. The van der Waals surface area contributed by atoms with Crippen LogP contribution in [0.1, 0.15) is 50.7 Å². The Morgan fingerprint density at radius 1 is 1.26 bits per heavy atom. The lowest BCUT2D eigenvalue weighted by Crippen LogP contribution is -2.36. The van der Waals surface area contributed by atoms with Crippen LogP contribution >= 0.6 is 12.2 Å². The Balaban J connectivity index is 2.44. The monoisotopic (exact) mass is 278 g/mol. The zero-order valence-corrected chi connectivity index (χ0v) is 13.4. The first-order valence-electron chi connectivity index (χ1n) is 7.18. The minimum atomic E-state index is 0.427. The van der Waals surface area contributed by atoms with Gasteiger partial charge in [-0.25, -0.2) is 0 Å². The second-order valence-corrected chi connectivity index (χ2v) is 5.65. The van der Waals surface area contributed by atoms with E-state index in [9.17, 15) is 0 Å². The first-order chi connectivity index (χ1) is 9.04. The molecule has 106 valence electrons. The number of hydrogen-bond donors (Lipinski definition) is 2. The largest absolute Gasteiger partial charge is 0.360 e. The average molecular weight is 278 g/mol. The molecule has 0 aliphatic heterocycles. The van der Waals surface area contributed by atoms with E-state index < -0.39 is 0 Å². The van der Waals surface area contributed by atoms with E-state index in [1.54, 1.807) is 0 Å². The number of anilines is 1.